The molecule has 0 atom stereocenters. The summed E-state index contributed by atoms with van der Waals surface area (Å²) in [5.74, 6) is 0.508. The highest BCUT2D eigenvalue weighted by molar-refractivity contribution is 5.96. The van der Waals surface area contributed by atoms with Crippen LogP contribution in [0.5, 0.6) is 0 Å². The first-order valence-corrected chi connectivity index (χ1v) is 6.89. The van der Waals surface area contributed by atoms with Crippen LogP contribution in [0.25, 0.3) is 33.4 Å². The molecule has 0 radical (unpaired) electrons. The highest BCUT2D eigenvalue weighted by atomic mass is 15.1. The smallest absolute Gasteiger partial charge is 0.140 e. The second-order valence-electron chi connectivity index (χ2n) is 5.14. The van der Waals surface area contributed by atoms with Crippen molar-refractivity contribution in [2.45, 2.75) is 0 Å². The van der Waals surface area contributed by atoms with Crippen LogP contribution < -0.4 is 5.73 Å². The van der Waals surface area contributed by atoms with E-state index in [9.17, 15) is 0 Å². The Hall–Kier alpha value is -3.15. The molecule has 0 aromatic carbocycles. The van der Waals surface area contributed by atoms with Crippen LogP contribution in [0.1, 0.15) is 0 Å². The topological polar surface area (TPSA) is 85.4 Å². The molecule has 0 aliphatic rings. The number of aryl methyl sites for hydroxylation is 1. The number of rotatable bonds is 2. The molecule has 0 saturated heterocycles. The van der Waals surface area contributed by atoms with Gasteiger partial charge in [-0.05, 0) is 35.4 Å². The van der Waals surface area contributed by atoms with Crippen molar-refractivity contribution in [3.05, 3.63) is 49.1 Å². The molecule has 4 aromatic heterocycles. The SMILES string of the molecule is Cn1c(-c2cn[nH]c2)cc2c(-c3ccnc(N)c3)ccnc21. The fourth-order valence-corrected chi connectivity index (χ4v) is 2.75. The van der Waals surface area contributed by atoms with Crippen LogP contribution in [0, 0.1) is 0 Å². The van der Waals surface area contributed by atoms with Gasteiger partial charge in [-0.25, -0.2) is 9.97 Å². The maximum absolute atomic E-state index is 5.81. The molecule has 22 heavy (non-hydrogen) atoms. The van der Waals surface area contributed by atoms with Gasteiger partial charge in [0.2, 0.25) is 0 Å². The van der Waals surface area contributed by atoms with Gasteiger partial charge in [0.1, 0.15) is 11.5 Å². The van der Waals surface area contributed by atoms with Crippen molar-refractivity contribution in [1.29, 1.82) is 0 Å². The zero-order valence-corrected chi connectivity index (χ0v) is 12.0. The van der Waals surface area contributed by atoms with Gasteiger partial charge in [0, 0.05) is 36.6 Å². The van der Waals surface area contributed by atoms with E-state index in [0.29, 0.717) is 5.82 Å². The van der Waals surface area contributed by atoms with Crippen LogP contribution in [-0.2, 0) is 7.05 Å². The molecule has 4 rings (SSSR count). The molecule has 0 saturated carbocycles. The molecule has 6 heteroatoms. The van der Waals surface area contributed by atoms with E-state index in [1.165, 1.54) is 0 Å². The minimum Gasteiger partial charge on any atom is -0.384 e. The van der Waals surface area contributed by atoms with E-state index in [-0.39, 0.29) is 0 Å². The lowest BCUT2D eigenvalue weighted by Crippen LogP contribution is -1.93. The average Bonchev–Trinajstić information content (AvgIpc) is 3.15. The van der Waals surface area contributed by atoms with Crippen LogP contribution in [-0.4, -0.2) is 24.7 Å². The fourth-order valence-electron chi connectivity index (χ4n) is 2.75. The van der Waals surface area contributed by atoms with E-state index in [2.05, 4.69) is 30.8 Å². The summed E-state index contributed by atoms with van der Waals surface area (Å²) in [6, 6.07) is 7.95. The molecule has 0 bridgehead atoms. The van der Waals surface area contributed by atoms with Crippen LogP contribution in [0.15, 0.2) is 49.1 Å². The van der Waals surface area contributed by atoms with Gasteiger partial charge in [0.05, 0.1) is 11.9 Å². The maximum Gasteiger partial charge on any atom is 0.140 e. The van der Waals surface area contributed by atoms with Crippen molar-refractivity contribution in [3.8, 4) is 22.4 Å². The van der Waals surface area contributed by atoms with Gasteiger partial charge in [-0.2, -0.15) is 5.10 Å². The first-order valence-electron chi connectivity index (χ1n) is 6.89. The second kappa shape index (κ2) is 4.70. The zero-order chi connectivity index (χ0) is 15.1. The van der Waals surface area contributed by atoms with Gasteiger partial charge in [-0.3, -0.25) is 5.10 Å². The quantitative estimate of drug-likeness (QED) is 0.594. The van der Waals surface area contributed by atoms with Crippen LogP contribution >= 0.6 is 0 Å². The summed E-state index contributed by atoms with van der Waals surface area (Å²) >= 11 is 0. The summed E-state index contributed by atoms with van der Waals surface area (Å²) in [7, 11) is 2.00. The lowest BCUT2D eigenvalue weighted by molar-refractivity contribution is 0.957. The molecule has 0 amide bonds. The lowest BCUT2D eigenvalue weighted by atomic mass is 10.0. The Kier molecular flexibility index (Phi) is 2.69. The maximum atomic E-state index is 5.81. The first kappa shape index (κ1) is 12.6. The number of hydrogen-bond donors (Lipinski definition) is 2. The Morgan fingerprint density at radius 3 is 2.73 bits per heavy atom. The summed E-state index contributed by atoms with van der Waals surface area (Å²) in [6.45, 7) is 0. The summed E-state index contributed by atoms with van der Waals surface area (Å²) in [5.41, 5.74) is 10.9. The minimum absolute atomic E-state index is 0.508. The second-order valence-corrected chi connectivity index (χ2v) is 5.14. The van der Waals surface area contributed by atoms with Crippen molar-refractivity contribution in [3.63, 3.8) is 0 Å². The third-order valence-corrected chi connectivity index (χ3v) is 3.82. The number of nitrogens with two attached hydrogens (primary N) is 1. The van der Waals surface area contributed by atoms with Gasteiger partial charge < -0.3 is 10.3 Å². The van der Waals surface area contributed by atoms with Gasteiger partial charge in [0.15, 0.2) is 0 Å². The molecular formula is C16H14N6. The number of nitrogens with one attached hydrogen (secondary N) is 1. The van der Waals surface area contributed by atoms with E-state index in [1.807, 2.05) is 37.6 Å². The van der Waals surface area contributed by atoms with Gasteiger partial charge in [0.25, 0.3) is 0 Å². The van der Waals surface area contributed by atoms with E-state index in [4.69, 9.17) is 5.73 Å². The van der Waals surface area contributed by atoms with Gasteiger partial charge in [-0.1, -0.05) is 0 Å². The van der Waals surface area contributed by atoms with Crippen molar-refractivity contribution < 1.29 is 0 Å². The predicted molar refractivity (Wildman–Crippen MR) is 85.9 cm³/mol. The normalized spacial score (nSPS) is 11.1. The Morgan fingerprint density at radius 2 is 1.95 bits per heavy atom. The van der Waals surface area contributed by atoms with Crippen LogP contribution in [0.4, 0.5) is 5.82 Å². The van der Waals surface area contributed by atoms with E-state index < -0.39 is 0 Å². The number of nitrogen functional groups attached to an aromatic ring is 1. The van der Waals surface area contributed by atoms with Crippen molar-refractivity contribution in [2.75, 3.05) is 5.73 Å². The molecule has 0 aliphatic carbocycles. The molecule has 4 aromatic rings. The Labute approximate surface area is 126 Å². The van der Waals surface area contributed by atoms with Crippen LogP contribution in [0.3, 0.4) is 0 Å². The highest BCUT2D eigenvalue weighted by Crippen LogP contribution is 2.32. The summed E-state index contributed by atoms with van der Waals surface area (Å²) in [4.78, 5) is 8.56. The summed E-state index contributed by atoms with van der Waals surface area (Å²) in [5, 5.41) is 7.94. The molecule has 0 spiro atoms. The van der Waals surface area contributed by atoms with Crippen LogP contribution in [0.2, 0.25) is 0 Å². The monoisotopic (exact) mass is 290 g/mol. The molecule has 0 aliphatic heterocycles. The van der Waals surface area contributed by atoms with Crippen molar-refractivity contribution in [1.82, 2.24) is 24.7 Å². The van der Waals surface area contributed by atoms with E-state index in [1.54, 1.807) is 12.4 Å². The Balaban J connectivity index is 2.00. The molecule has 0 fully saturated rings. The molecule has 108 valence electrons. The first-order chi connectivity index (χ1) is 10.7. The summed E-state index contributed by atoms with van der Waals surface area (Å²) in [6.07, 6.45) is 7.21. The van der Waals surface area contributed by atoms with Gasteiger partial charge >= 0.3 is 0 Å². The lowest BCUT2D eigenvalue weighted by Gasteiger charge is -2.04. The molecule has 4 heterocycles. The average molecular weight is 290 g/mol. The molecule has 3 N–H and O–H groups in total. The third-order valence-electron chi connectivity index (χ3n) is 3.82. The Bertz CT molecular complexity index is 952. The highest BCUT2D eigenvalue weighted by Gasteiger charge is 2.13. The Morgan fingerprint density at radius 1 is 1.09 bits per heavy atom. The fraction of sp³-hybridized carbons (Fsp3) is 0.0625. The van der Waals surface area contributed by atoms with Crippen molar-refractivity contribution >= 4 is 16.9 Å². The standard InChI is InChI=1S/C16H14N6/c1-22-14(11-8-20-21-9-11)7-13-12(3-5-19-16(13)22)10-2-4-18-15(17)6-10/h2-9H,1H3,(H2,17,18)(H,20,21). The number of fused-ring (bicyclic) bond motifs is 1. The zero-order valence-electron chi connectivity index (χ0n) is 12.0. The number of anilines is 1. The van der Waals surface area contributed by atoms with E-state index in [0.717, 1.165) is 33.4 Å². The number of H-pyrrole nitrogens is 1. The number of aromatic nitrogens is 5. The van der Waals surface area contributed by atoms with E-state index >= 15 is 0 Å². The molecule has 6 nitrogen and oxygen atoms in total. The number of aromatic amines is 1. The largest absolute Gasteiger partial charge is 0.384 e. The van der Waals surface area contributed by atoms with Crippen molar-refractivity contribution in [2.24, 2.45) is 7.05 Å². The molecular weight excluding hydrogens is 276 g/mol. The molecule has 0 unspecified atom stereocenters. The predicted octanol–water partition coefficient (Wildman–Crippen LogP) is 2.61. The number of nitrogens with zero attached hydrogens (tertiary/aromatic N) is 4. The minimum atomic E-state index is 0.508. The van der Waals surface area contributed by atoms with Gasteiger partial charge in [-0.15, -0.1) is 0 Å². The third kappa shape index (κ3) is 1.85. The summed E-state index contributed by atoms with van der Waals surface area (Å²) < 4.78 is 2.06. The number of pyridine rings is 2. The number of hydrogen-bond acceptors (Lipinski definition) is 4.